The number of hydrogen-bond donors (Lipinski definition) is 2. The summed E-state index contributed by atoms with van der Waals surface area (Å²) in [6.45, 7) is 0.226. The molecule has 0 atom stereocenters. The van der Waals surface area contributed by atoms with Gasteiger partial charge in [0.05, 0.1) is 29.9 Å². The van der Waals surface area contributed by atoms with Crippen molar-refractivity contribution in [3.63, 3.8) is 0 Å². The summed E-state index contributed by atoms with van der Waals surface area (Å²) in [6.07, 6.45) is 1.34. The average molecular weight is 406 g/mol. The number of carboxylic acid groups (broad SMARTS) is 1. The zero-order chi connectivity index (χ0) is 19.2. The topological polar surface area (TPSA) is 95.7 Å². The number of para-hydroxylation sites is 1. The first-order chi connectivity index (χ1) is 13.0. The number of furan rings is 1. The number of aromatic nitrogens is 1. The number of carbonyl (C=O) groups is 2. The van der Waals surface area contributed by atoms with Gasteiger partial charge in [-0.15, -0.1) is 11.3 Å². The molecule has 140 valence electrons. The van der Waals surface area contributed by atoms with Crippen LogP contribution in [-0.2, 0) is 11.3 Å². The Hall–Kier alpha value is -2.84. The summed E-state index contributed by atoms with van der Waals surface area (Å²) in [5.41, 5.74) is 0.914. The number of hydrogen-bond acceptors (Lipinski definition) is 6. The SMILES string of the molecule is O=C(O)CCN(Cc1ccco1)C(=O)c1csc(Nc2ccccc2Cl)n1. The van der Waals surface area contributed by atoms with Crippen LogP contribution in [0.5, 0.6) is 0 Å². The Balaban J connectivity index is 1.74. The monoisotopic (exact) mass is 405 g/mol. The van der Waals surface area contributed by atoms with Gasteiger partial charge in [0.25, 0.3) is 5.91 Å². The van der Waals surface area contributed by atoms with E-state index in [1.807, 2.05) is 12.1 Å². The fourth-order valence-electron chi connectivity index (χ4n) is 2.34. The first kappa shape index (κ1) is 18.9. The van der Waals surface area contributed by atoms with Crippen LogP contribution < -0.4 is 5.32 Å². The average Bonchev–Trinajstić information content (AvgIpc) is 3.32. The van der Waals surface area contributed by atoms with Gasteiger partial charge in [0.1, 0.15) is 11.5 Å². The van der Waals surface area contributed by atoms with Gasteiger partial charge in [-0.25, -0.2) is 4.98 Å². The predicted octanol–water partition coefficient (Wildman–Crippen LogP) is 4.25. The lowest BCUT2D eigenvalue weighted by molar-refractivity contribution is -0.137. The van der Waals surface area contributed by atoms with E-state index in [2.05, 4.69) is 10.3 Å². The number of halogens is 1. The molecular formula is C18H16ClN3O4S. The third-order valence-corrected chi connectivity index (χ3v) is 4.74. The highest BCUT2D eigenvalue weighted by molar-refractivity contribution is 7.14. The van der Waals surface area contributed by atoms with Gasteiger partial charge in [0, 0.05) is 11.9 Å². The molecule has 0 radical (unpaired) electrons. The lowest BCUT2D eigenvalue weighted by Gasteiger charge is -2.19. The summed E-state index contributed by atoms with van der Waals surface area (Å²) in [5.74, 6) is -0.777. The minimum atomic E-state index is -0.980. The highest BCUT2D eigenvalue weighted by atomic mass is 35.5. The minimum Gasteiger partial charge on any atom is -0.481 e. The van der Waals surface area contributed by atoms with Gasteiger partial charge < -0.3 is 19.7 Å². The molecule has 1 aromatic carbocycles. The Morgan fingerprint density at radius 1 is 1.26 bits per heavy atom. The molecule has 0 aliphatic carbocycles. The van der Waals surface area contributed by atoms with E-state index in [4.69, 9.17) is 21.1 Å². The van der Waals surface area contributed by atoms with Crippen molar-refractivity contribution in [1.29, 1.82) is 0 Å². The van der Waals surface area contributed by atoms with E-state index in [0.717, 1.165) is 0 Å². The number of carbonyl (C=O) groups excluding carboxylic acids is 1. The molecule has 0 unspecified atom stereocenters. The summed E-state index contributed by atoms with van der Waals surface area (Å²) >= 11 is 7.38. The second-order valence-electron chi connectivity index (χ2n) is 5.59. The maximum atomic E-state index is 12.8. The third-order valence-electron chi connectivity index (χ3n) is 3.65. The number of thiazole rings is 1. The highest BCUT2D eigenvalue weighted by Gasteiger charge is 2.21. The van der Waals surface area contributed by atoms with E-state index < -0.39 is 5.97 Å². The quantitative estimate of drug-likeness (QED) is 0.581. The molecule has 9 heteroatoms. The van der Waals surface area contributed by atoms with Crippen LogP contribution in [0.1, 0.15) is 22.7 Å². The number of amides is 1. The first-order valence-corrected chi connectivity index (χ1v) is 9.29. The molecule has 2 N–H and O–H groups in total. The molecule has 3 aromatic rings. The minimum absolute atomic E-state index is 0.0552. The smallest absolute Gasteiger partial charge is 0.305 e. The molecule has 27 heavy (non-hydrogen) atoms. The van der Waals surface area contributed by atoms with E-state index in [0.29, 0.717) is 21.6 Å². The fourth-order valence-corrected chi connectivity index (χ4v) is 3.22. The van der Waals surface area contributed by atoms with Gasteiger partial charge in [0.15, 0.2) is 5.13 Å². The zero-order valence-corrected chi connectivity index (χ0v) is 15.7. The summed E-state index contributed by atoms with van der Waals surface area (Å²) in [7, 11) is 0. The molecular weight excluding hydrogens is 390 g/mol. The van der Waals surface area contributed by atoms with Gasteiger partial charge in [-0.3, -0.25) is 9.59 Å². The molecule has 0 fully saturated rings. The molecule has 2 heterocycles. The van der Waals surface area contributed by atoms with Crippen molar-refractivity contribution in [2.45, 2.75) is 13.0 Å². The van der Waals surface area contributed by atoms with Crippen LogP contribution in [-0.4, -0.2) is 33.4 Å². The summed E-state index contributed by atoms with van der Waals surface area (Å²) in [6, 6.07) is 10.7. The molecule has 0 bridgehead atoms. The zero-order valence-electron chi connectivity index (χ0n) is 14.1. The second kappa shape index (κ2) is 8.70. The molecule has 3 rings (SSSR count). The number of carboxylic acids is 1. The van der Waals surface area contributed by atoms with Crippen LogP contribution >= 0.6 is 22.9 Å². The fraction of sp³-hybridized carbons (Fsp3) is 0.167. The normalized spacial score (nSPS) is 10.6. The first-order valence-electron chi connectivity index (χ1n) is 8.03. The molecule has 7 nitrogen and oxygen atoms in total. The van der Waals surface area contributed by atoms with Crippen LogP contribution in [0.25, 0.3) is 0 Å². The van der Waals surface area contributed by atoms with Crippen molar-refractivity contribution in [2.24, 2.45) is 0 Å². The Morgan fingerprint density at radius 3 is 2.78 bits per heavy atom. The lowest BCUT2D eigenvalue weighted by atomic mass is 10.3. The van der Waals surface area contributed by atoms with Crippen LogP contribution in [0, 0.1) is 0 Å². The molecule has 0 spiro atoms. The largest absolute Gasteiger partial charge is 0.481 e. The Bertz CT molecular complexity index is 926. The van der Waals surface area contributed by atoms with Crippen LogP contribution in [0.4, 0.5) is 10.8 Å². The maximum absolute atomic E-state index is 12.8. The van der Waals surface area contributed by atoms with Crippen molar-refractivity contribution in [1.82, 2.24) is 9.88 Å². The van der Waals surface area contributed by atoms with Crippen molar-refractivity contribution in [3.05, 3.63) is 64.5 Å². The summed E-state index contributed by atoms with van der Waals surface area (Å²) in [5, 5.41) is 14.7. The van der Waals surface area contributed by atoms with E-state index in [9.17, 15) is 9.59 Å². The molecule has 0 saturated heterocycles. The number of rotatable bonds is 8. The van der Waals surface area contributed by atoms with Crippen molar-refractivity contribution in [3.8, 4) is 0 Å². The van der Waals surface area contributed by atoms with Crippen molar-refractivity contribution < 1.29 is 19.1 Å². The molecule has 0 aliphatic rings. The third kappa shape index (κ3) is 5.08. The van der Waals surface area contributed by atoms with E-state index in [1.165, 1.54) is 22.5 Å². The summed E-state index contributed by atoms with van der Waals surface area (Å²) in [4.78, 5) is 29.4. The van der Waals surface area contributed by atoms with Crippen LogP contribution in [0.2, 0.25) is 5.02 Å². The molecule has 0 aliphatic heterocycles. The highest BCUT2D eigenvalue weighted by Crippen LogP contribution is 2.27. The van der Waals surface area contributed by atoms with Gasteiger partial charge >= 0.3 is 5.97 Å². The van der Waals surface area contributed by atoms with Gasteiger partial charge in [0.2, 0.25) is 0 Å². The van der Waals surface area contributed by atoms with E-state index in [-0.39, 0.29) is 31.1 Å². The maximum Gasteiger partial charge on any atom is 0.305 e. The molecule has 1 amide bonds. The standard InChI is InChI=1S/C18H16ClN3O4S/c19-13-5-1-2-6-14(13)20-18-21-15(11-27-18)17(25)22(8-7-16(23)24)10-12-4-3-9-26-12/h1-6,9,11H,7-8,10H2,(H,20,21)(H,23,24). The number of aliphatic carboxylic acids is 1. The second-order valence-corrected chi connectivity index (χ2v) is 6.86. The lowest BCUT2D eigenvalue weighted by Crippen LogP contribution is -2.32. The van der Waals surface area contributed by atoms with Crippen molar-refractivity contribution in [2.75, 3.05) is 11.9 Å². The predicted molar refractivity (Wildman–Crippen MR) is 103 cm³/mol. The van der Waals surface area contributed by atoms with Crippen LogP contribution in [0.3, 0.4) is 0 Å². The van der Waals surface area contributed by atoms with Crippen LogP contribution in [0.15, 0.2) is 52.5 Å². The molecule has 0 saturated carbocycles. The summed E-state index contributed by atoms with van der Waals surface area (Å²) < 4.78 is 5.27. The Morgan fingerprint density at radius 2 is 2.07 bits per heavy atom. The van der Waals surface area contributed by atoms with E-state index >= 15 is 0 Å². The number of nitrogens with zero attached hydrogens (tertiary/aromatic N) is 2. The van der Waals surface area contributed by atoms with Gasteiger partial charge in [-0.2, -0.15) is 0 Å². The number of benzene rings is 1. The van der Waals surface area contributed by atoms with E-state index in [1.54, 1.807) is 29.6 Å². The molecule has 2 aromatic heterocycles. The Labute approximate surface area is 164 Å². The number of nitrogens with one attached hydrogen (secondary N) is 1. The van der Waals surface area contributed by atoms with Gasteiger partial charge in [-0.1, -0.05) is 23.7 Å². The Kier molecular flexibility index (Phi) is 6.10. The number of anilines is 2. The van der Waals surface area contributed by atoms with Gasteiger partial charge in [-0.05, 0) is 24.3 Å². The van der Waals surface area contributed by atoms with Crippen molar-refractivity contribution >= 4 is 45.6 Å².